The number of nitrogens with zero attached hydrogens (tertiary/aromatic N) is 2. The molecule has 1 saturated heterocycles. The van der Waals surface area contributed by atoms with Gasteiger partial charge in [0, 0.05) is 25.2 Å². The normalized spacial score (nSPS) is 17.6. The van der Waals surface area contributed by atoms with E-state index in [1.165, 1.54) is 61.9 Å². The van der Waals surface area contributed by atoms with Crippen molar-refractivity contribution in [3.63, 3.8) is 0 Å². The summed E-state index contributed by atoms with van der Waals surface area (Å²) in [5.41, 5.74) is 6.11. The lowest BCUT2D eigenvalue weighted by atomic mass is 9.90. The molecule has 4 rings (SSSR count). The van der Waals surface area contributed by atoms with Crippen LogP contribution in [0.1, 0.15) is 65.2 Å². The summed E-state index contributed by atoms with van der Waals surface area (Å²) in [5, 5.41) is 0. The van der Waals surface area contributed by atoms with Crippen LogP contribution >= 0.6 is 0 Å². The molecule has 164 valence electrons. The summed E-state index contributed by atoms with van der Waals surface area (Å²) in [6.45, 7) is 8.94. The van der Waals surface area contributed by atoms with Crippen molar-refractivity contribution < 1.29 is 4.79 Å². The van der Waals surface area contributed by atoms with Gasteiger partial charge < -0.3 is 4.90 Å². The summed E-state index contributed by atoms with van der Waals surface area (Å²) in [6, 6.07) is 15.4. The van der Waals surface area contributed by atoms with Crippen LogP contribution in [0.2, 0.25) is 0 Å². The molecule has 2 aromatic rings. The number of fused-ring (bicyclic) bond motifs is 1. The standard InChI is InChI=1S/C28H36N2O/c1-3-4-15-30-21-26-19-25(18-22(2)27(26)28(30)31)20-29-16-13-24(14-17-29)12-8-11-23-9-6-5-7-10-23/h3-7,9-10,18-19,24H,8,11-17,20-21H2,1-2H3/b4-3+. The second-order valence-corrected chi connectivity index (χ2v) is 9.30. The Bertz CT molecular complexity index is 910. The lowest BCUT2D eigenvalue weighted by Crippen LogP contribution is -2.33. The highest BCUT2D eigenvalue weighted by Crippen LogP contribution is 2.29. The van der Waals surface area contributed by atoms with Crippen molar-refractivity contribution in [1.82, 2.24) is 9.80 Å². The molecular formula is C28H36N2O. The van der Waals surface area contributed by atoms with E-state index in [2.05, 4.69) is 60.4 Å². The molecule has 2 heterocycles. The first-order chi connectivity index (χ1) is 15.1. The maximum atomic E-state index is 12.7. The number of hydrogen-bond acceptors (Lipinski definition) is 2. The van der Waals surface area contributed by atoms with Gasteiger partial charge in [0.15, 0.2) is 0 Å². The number of benzene rings is 2. The monoisotopic (exact) mass is 416 g/mol. The van der Waals surface area contributed by atoms with Gasteiger partial charge in [0.05, 0.1) is 0 Å². The Labute approximate surface area is 187 Å². The number of hydrogen-bond donors (Lipinski definition) is 0. The van der Waals surface area contributed by atoms with E-state index >= 15 is 0 Å². The summed E-state index contributed by atoms with van der Waals surface area (Å²) in [6.07, 6.45) is 10.6. The maximum absolute atomic E-state index is 12.7. The second-order valence-electron chi connectivity index (χ2n) is 9.30. The molecule has 0 bridgehead atoms. The SMILES string of the molecule is C/C=C/CN1Cc2cc(CN3CCC(CCCc4ccccc4)CC3)cc(C)c2C1=O. The Balaban J connectivity index is 1.26. The summed E-state index contributed by atoms with van der Waals surface area (Å²) in [4.78, 5) is 17.3. The van der Waals surface area contributed by atoms with Crippen LogP contribution in [0, 0.1) is 12.8 Å². The van der Waals surface area contributed by atoms with Gasteiger partial charge in [-0.2, -0.15) is 0 Å². The van der Waals surface area contributed by atoms with Crippen molar-refractivity contribution in [3.8, 4) is 0 Å². The predicted octanol–water partition coefficient (Wildman–Crippen LogP) is 5.76. The molecule has 0 N–H and O–H groups in total. The van der Waals surface area contributed by atoms with Crippen molar-refractivity contribution in [2.45, 2.75) is 59.0 Å². The highest BCUT2D eigenvalue weighted by molar-refractivity contribution is 5.99. The molecule has 0 atom stereocenters. The van der Waals surface area contributed by atoms with Gasteiger partial charge in [-0.05, 0) is 80.8 Å². The molecule has 2 aliphatic heterocycles. The number of aryl methyl sites for hydroxylation is 2. The van der Waals surface area contributed by atoms with Gasteiger partial charge >= 0.3 is 0 Å². The smallest absolute Gasteiger partial charge is 0.255 e. The molecule has 31 heavy (non-hydrogen) atoms. The van der Waals surface area contributed by atoms with Crippen LogP contribution in [-0.4, -0.2) is 35.3 Å². The number of carbonyl (C=O) groups excluding carboxylic acids is 1. The lowest BCUT2D eigenvalue weighted by molar-refractivity contribution is 0.0795. The van der Waals surface area contributed by atoms with Crippen LogP contribution in [0.3, 0.4) is 0 Å². The molecule has 2 aromatic carbocycles. The van der Waals surface area contributed by atoms with Crippen molar-refractivity contribution >= 4 is 5.91 Å². The molecule has 3 heteroatoms. The zero-order valence-corrected chi connectivity index (χ0v) is 19.1. The molecule has 1 amide bonds. The van der Waals surface area contributed by atoms with Crippen LogP contribution in [0.15, 0.2) is 54.6 Å². The lowest BCUT2D eigenvalue weighted by Gasteiger charge is -2.32. The first-order valence-corrected chi connectivity index (χ1v) is 11.9. The summed E-state index contributed by atoms with van der Waals surface area (Å²) >= 11 is 0. The van der Waals surface area contributed by atoms with Crippen molar-refractivity contribution in [2.24, 2.45) is 5.92 Å². The first-order valence-electron chi connectivity index (χ1n) is 11.9. The van der Waals surface area contributed by atoms with Crippen LogP contribution in [0.25, 0.3) is 0 Å². The Hall–Kier alpha value is -2.39. The Kier molecular flexibility index (Phi) is 7.24. The Morgan fingerprint density at radius 1 is 1.06 bits per heavy atom. The third-order valence-corrected chi connectivity index (χ3v) is 6.93. The van der Waals surface area contributed by atoms with E-state index in [9.17, 15) is 4.79 Å². The van der Waals surface area contributed by atoms with E-state index in [0.717, 1.165) is 30.1 Å². The van der Waals surface area contributed by atoms with E-state index < -0.39 is 0 Å². The molecule has 0 radical (unpaired) electrons. The Morgan fingerprint density at radius 3 is 2.58 bits per heavy atom. The minimum atomic E-state index is 0.188. The topological polar surface area (TPSA) is 23.6 Å². The molecule has 0 saturated carbocycles. The van der Waals surface area contributed by atoms with Gasteiger partial charge in [-0.3, -0.25) is 9.69 Å². The van der Waals surface area contributed by atoms with Gasteiger partial charge in [-0.15, -0.1) is 0 Å². The number of piperidine rings is 1. The van der Waals surface area contributed by atoms with Crippen molar-refractivity contribution in [1.29, 1.82) is 0 Å². The third kappa shape index (κ3) is 5.46. The van der Waals surface area contributed by atoms with Crippen LogP contribution in [0.4, 0.5) is 0 Å². The van der Waals surface area contributed by atoms with E-state index in [0.29, 0.717) is 6.54 Å². The van der Waals surface area contributed by atoms with Gasteiger partial charge in [0.1, 0.15) is 0 Å². The van der Waals surface area contributed by atoms with Crippen LogP contribution in [0.5, 0.6) is 0 Å². The summed E-state index contributed by atoms with van der Waals surface area (Å²) < 4.78 is 0. The number of rotatable bonds is 8. The van der Waals surface area contributed by atoms with Crippen LogP contribution < -0.4 is 0 Å². The number of allylic oxidation sites excluding steroid dienone is 1. The van der Waals surface area contributed by atoms with Gasteiger partial charge in [0.25, 0.3) is 5.91 Å². The highest BCUT2D eigenvalue weighted by atomic mass is 16.2. The van der Waals surface area contributed by atoms with Crippen LogP contribution in [-0.2, 0) is 19.5 Å². The molecule has 3 nitrogen and oxygen atoms in total. The maximum Gasteiger partial charge on any atom is 0.255 e. The fraction of sp³-hybridized carbons (Fsp3) is 0.464. The van der Waals surface area contributed by atoms with E-state index in [1.54, 1.807) is 0 Å². The average molecular weight is 417 g/mol. The number of amides is 1. The molecule has 0 spiro atoms. The first kappa shape index (κ1) is 21.8. The Morgan fingerprint density at radius 2 is 1.84 bits per heavy atom. The highest BCUT2D eigenvalue weighted by Gasteiger charge is 2.29. The molecule has 1 fully saturated rings. The zero-order chi connectivity index (χ0) is 21.6. The van der Waals surface area contributed by atoms with E-state index in [4.69, 9.17) is 0 Å². The second kappa shape index (κ2) is 10.3. The summed E-state index contributed by atoms with van der Waals surface area (Å²) in [7, 11) is 0. The van der Waals surface area contributed by atoms with E-state index in [1.807, 2.05) is 17.9 Å². The number of carbonyl (C=O) groups is 1. The zero-order valence-electron chi connectivity index (χ0n) is 19.1. The molecular weight excluding hydrogens is 380 g/mol. The molecule has 0 unspecified atom stereocenters. The largest absolute Gasteiger partial charge is 0.331 e. The average Bonchev–Trinajstić information content (AvgIpc) is 3.10. The minimum Gasteiger partial charge on any atom is -0.331 e. The third-order valence-electron chi connectivity index (χ3n) is 6.93. The van der Waals surface area contributed by atoms with Gasteiger partial charge in [-0.25, -0.2) is 0 Å². The molecule has 0 aromatic heterocycles. The molecule has 0 aliphatic carbocycles. The van der Waals surface area contributed by atoms with Gasteiger partial charge in [0.2, 0.25) is 0 Å². The summed E-state index contributed by atoms with van der Waals surface area (Å²) in [5.74, 6) is 1.06. The quantitative estimate of drug-likeness (QED) is 0.511. The fourth-order valence-corrected chi connectivity index (χ4v) is 5.21. The predicted molar refractivity (Wildman–Crippen MR) is 128 cm³/mol. The van der Waals surface area contributed by atoms with Crippen molar-refractivity contribution in [2.75, 3.05) is 19.6 Å². The molecule has 2 aliphatic rings. The minimum absolute atomic E-state index is 0.188. The number of likely N-dealkylation sites (tertiary alicyclic amines) is 1. The fourth-order valence-electron chi connectivity index (χ4n) is 5.21. The van der Waals surface area contributed by atoms with E-state index in [-0.39, 0.29) is 5.91 Å². The van der Waals surface area contributed by atoms with Crippen molar-refractivity contribution in [3.05, 3.63) is 82.4 Å². The van der Waals surface area contributed by atoms with Gasteiger partial charge in [-0.1, -0.05) is 61.0 Å².